The van der Waals surface area contributed by atoms with Crippen molar-refractivity contribution in [3.05, 3.63) is 97.8 Å². The first kappa shape index (κ1) is 22.9. The molecule has 0 spiro atoms. The fourth-order valence-corrected chi connectivity index (χ4v) is 4.06. The Morgan fingerprint density at radius 2 is 1.79 bits per heavy atom. The van der Waals surface area contributed by atoms with E-state index in [4.69, 9.17) is 11.6 Å². The average molecular weight is 479 g/mol. The number of nitrogens with one attached hydrogen (secondary N) is 1. The van der Waals surface area contributed by atoms with Crippen LogP contribution in [0.4, 0.5) is 10.5 Å². The molecule has 0 bridgehead atoms. The number of urea groups is 1. The summed E-state index contributed by atoms with van der Waals surface area (Å²) in [6.45, 7) is 3.49. The largest absolute Gasteiger partial charge is 0.331 e. The summed E-state index contributed by atoms with van der Waals surface area (Å²) in [4.78, 5) is 49.6. The summed E-state index contributed by atoms with van der Waals surface area (Å²) in [6, 6.07) is 13.9. The SMILES string of the molecule is Cc1cc(/C=C2\C(=O)NC(=O)N(Cc3ccccc3Cl)C2=O)c(C)n1-c1cccc([N+](=O)[O-])c1. The summed E-state index contributed by atoms with van der Waals surface area (Å²) >= 11 is 6.17. The molecule has 172 valence electrons. The summed E-state index contributed by atoms with van der Waals surface area (Å²) < 4.78 is 1.79. The van der Waals surface area contributed by atoms with Crippen LogP contribution in [0.5, 0.6) is 0 Å². The lowest BCUT2D eigenvalue weighted by Crippen LogP contribution is -2.53. The third kappa shape index (κ3) is 4.20. The minimum absolute atomic E-state index is 0.0551. The molecule has 0 aliphatic carbocycles. The Morgan fingerprint density at radius 3 is 2.50 bits per heavy atom. The number of nitrogens with zero attached hydrogens (tertiary/aromatic N) is 3. The molecule has 3 aromatic rings. The predicted molar refractivity (Wildman–Crippen MR) is 125 cm³/mol. The number of carbonyl (C=O) groups excluding carboxylic acids is 3. The number of nitro groups is 1. The van der Waals surface area contributed by atoms with Crippen LogP contribution >= 0.6 is 11.6 Å². The average Bonchev–Trinajstić information content (AvgIpc) is 3.08. The van der Waals surface area contributed by atoms with Crippen LogP contribution < -0.4 is 5.32 Å². The van der Waals surface area contributed by atoms with Crippen molar-refractivity contribution >= 4 is 41.2 Å². The number of carbonyl (C=O) groups is 3. The first-order chi connectivity index (χ1) is 16.2. The van der Waals surface area contributed by atoms with E-state index in [1.165, 1.54) is 18.2 Å². The second kappa shape index (κ2) is 8.95. The lowest BCUT2D eigenvalue weighted by molar-refractivity contribution is -0.384. The van der Waals surface area contributed by atoms with E-state index in [2.05, 4.69) is 5.32 Å². The van der Waals surface area contributed by atoms with Crippen molar-refractivity contribution in [2.45, 2.75) is 20.4 Å². The number of aromatic nitrogens is 1. The Morgan fingerprint density at radius 1 is 1.06 bits per heavy atom. The second-order valence-electron chi connectivity index (χ2n) is 7.74. The Bertz CT molecular complexity index is 1390. The van der Waals surface area contributed by atoms with Crippen molar-refractivity contribution in [1.29, 1.82) is 0 Å². The maximum atomic E-state index is 13.1. The zero-order valence-corrected chi connectivity index (χ0v) is 19.0. The topological polar surface area (TPSA) is 115 Å². The van der Waals surface area contributed by atoms with Gasteiger partial charge in [-0.05, 0) is 49.2 Å². The van der Waals surface area contributed by atoms with E-state index < -0.39 is 22.8 Å². The monoisotopic (exact) mass is 478 g/mol. The Kier molecular flexibility index (Phi) is 6.04. The highest BCUT2D eigenvalue weighted by Gasteiger charge is 2.36. The van der Waals surface area contributed by atoms with Crippen LogP contribution in [-0.2, 0) is 16.1 Å². The van der Waals surface area contributed by atoms with E-state index in [0.29, 0.717) is 27.5 Å². The van der Waals surface area contributed by atoms with Gasteiger partial charge in [0.25, 0.3) is 17.5 Å². The second-order valence-corrected chi connectivity index (χ2v) is 8.15. The molecule has 0 atom stereocenters. The molecular weight excluding hydrogens is 460 g/mol. The van der Waals surface area contributed by atoms with Crippen LogP contribution in [0.2, 0.25) is 5.02 Å². The molecular formula is C24H19ClN4O5. The number of barbiturate groups is 1. The van der Waals surface area contributed by atoms with Crippen LogP contribution in [0.1, 0.15) is 22.5 Å². The molecule has 2 heterocycles. The van der Waals surface area contributed by atoms with Gasteiger partial charge in [-0.1, -0.05) is 35.9 Å². The quantitative estimate of drug-likeness (QED) is 0.254. The molecule has 1 aliphatic rings. The fraction of sp³-hybridized carbons (Fsp3) is 0.125. The molecule has 9 nitrogen and oxygen atoms in total. The summed E-state index contributed by atoms with van der Waals surface area (Å²) in [5.41, 5.74) is 2.85. The highest BCUT2D eigenvalue weighted by Crippen LogP contribution is 2.27. The van der Waals surface area contributed by atoms with Gasteiger partial charge in [0, 0.05) is 28.5 Å². The van der Waals surface area contributed by atoms with Gasteiger partial charge in [0.2, 0.25) is 0 Å². The van der Waals surface area contributed by atoms with Crippen LogP contribution in [0.3, 0.4) is 0 Å². The van der Waals surface area contributed by atoms with Gasteiger partial charge in [0.05, 0.1) is 17.2 Å². The maximum absolute atomic E-state index is 13.1. The highest BCUT2D eigenvalue weighted by molar-refractivity contribution is 6.32. The van der Waals surface area contributed by atoms with E-state index in [1.54, 1.807) is 54.0 Å². The Hall–Kier alpha value is -4.24. The van der Waals surface area contributed by atoms with Gasteiger partial charge in [-0.25, -0.2) is 4.79 Å². The number of imide groups is 2. The number of rotatable bonds is 5. The third-order valence-electron chi connectivity index (χ3n) is 5.54. The number of benzene rings is 2. The van der Waals surface area contributed by atoms with E-state index in [9.17, 15) is 24.5 Å². The third-order valence-corrected chi connectivity index (χ3v) is 5.91. The molecule has 10 heteroatoms. The number of hydrogen-bond donors (Lipinski definition) is 1. The van der Waals surface area contributed by atoms with Gasteiger partial charge in [0.1, 0.15) is 5.57 Å². The normalized spacial score (nSPS) is 15.1. The van der Waals surface area contributed by atoms with Crippen molar-refractivity contribution in [2.75, 3.05) is 0 Å². The van der Waals surface area contributed by atoms with Crippen molar-refractivity contribution in [1.82, 2.24) is 14.8 Å². The lowest BCUT2D eigenvalue weighted by Gasteiger charge is -2.26. The molecule has 1 saturated heterocycles. The number of non-ortho nitro benzene ring substituents is 1. The van der Waals surface area contributed by atoms with Crippen molar-refractivity contribution in [3.63, 3.8) is 0 Å². The van der Waals surface area contributed by atoms with Crippen LogP contribution in [0.25, 0.3) is 11.8 Å². The molecule has 1 aromatic heterocycles. The molecule has 4 amide bonds. The maximum Gasteiger partial charge on any atom is 0.331 e. The Balaban J connectivity index is 1.71. The fourth-order valence-electron chi connectivity index (χ4n) is 3.87. The smallest absolute Gasteiger partial charge is 0.318 e. The standard InChI is InChI=1S/C24H19ClN4O5/c1-14-10-17(15(2)28(14)18-7-5-8-19(12-18)29(33)34)11-20-22(30)26-24(32)27(23(20)31)13-16-6-3-4-9-21(16)25/h3-12H,13H2,1-2H3,(H,26,30,32)/b20-11+. The van der Waals surface area contributed by atoms with Gasteiger partial charge < -0.3 is 4.57 Å². The van der Waals surface area contributed by atoms with Gasteiger partial charge in [-0.2, -0.15) is 0 Å². The summed E-state index contributed by atoms with van der Waals surface area (Å²) in [5, 5.41) is 13.8. The van der Waals surface area contributed by atoms with Gasteiger partial charge in [-0.15, -0.1) is 0 Å². The molecule has 0 unspecified atom stereocenters. The highest BCUT2D eigenvalue weighted by atomic mass is 35.5. The van der Waals surface area contributed by atoms with Gasteiger partial charge in [-0.3, -0.25) is 29.9 Å². The number of aryl methyl sites for hydroxylation is 1. The molecule has 0 radical (unpaired) electrons. The van der Waals surface area contributed by atoms with Gasteiger partial charge >= 0.3 is 6.03 Å². The van der Waals surface area contributed by atoms with E-state index >= 15 is 0 Å². The molecule has 34 heavy (non-hydrogen) atoms. The Labute approximate surface area is 199 Å². The summed E-state index contributed by atoms with van der Waals surface area (Å²) in [7, 11) is 0. The van der Waals surface area contributed by atoms with E-state index in [1.807, 2.05) is 6.92 Å². The minimum Gasteiger partial charge on any atom is -0.318 e. The van der Waals surface area contributed by atoms with Crippen molar-refractivity contribution in [2.24, 2.45) is 0 Å². The number of halogens is 1. The molecule has 1 N–H and O–H groups in total. The molecule has 2 aromatic carbocycles. The first-order valence-electron chi connectivity index (χ1n) is 10.2. The molecule has 4 rings (SSSR count). The van der Waals surface area contributed by atoms with E-state index in [-0.39, 0.29) is 17.8 Å². The molecule has 1 fully saturated rings. The summed E-state index contributed by atoms with van der Waals surface area (Å²) in [6.07, 6.45) is 1.42. The van der Waals surface area contributed by atoms with Crippen molar-refractivity contribution < 1.29 is 19.3 Å². The van der Waals surface area contributed by atoms with Crippen molar-refractivity contribution in [3.8, 4) is 5.69 Å². The zero-order chi connectivity index (χ0) is 24.6. The molecule has 0 saturated carbocycles. The number of hydrogen-bond acceptors (Lipinski definition) is 5. The molecule has 1 aliphatic heterocycles. The van der Waals surface area contributed by atoms with E-state index in [0.717, 1.165) is 10.6 Å². The minimum atomic E-state index is -0.825. The predicted octanol–water partition coefficient (Wildman–Crippen LogP) is 4.32. The van der Waals surface area contributed by atoms with Crippen LogP contribution in [-0.4, -0.2) is 32.2 Å². The summed E-state index contributed by atoms with van der Waals surface area (Å²) in [5.74, 6) is -1.54. The number of nitro benzene ring substituents is 1. The van der Waals surface area contributed by atoms with Gasteiger partial charge in [0.15, 0.2) is 0 Å². The van der Waals surface area contributed by atoms with Crippen LogP contribution in [0.15, 0.2) is 60.2 Å². The van der Waals surface area contributed by atoms with Crippen LogP contribution in [0, 0.1) is 24.0 Å². The first-order valence-corrected chi connectivity index (χ1v) is 10.6. The number of amides is 4. The lowest BCUT2D eigenvalue weighted by atomic mass is 10.1. The zero-order valence-electron chi connectivity index (χ0n) is 18.2.